The Hall–Kier alpha value is -1.30. The van der Waals surface area contributed by atoms with Crippen LogP contribution >= 0.6 is 11.8 Å². The molecular weight excluding hydrogens is 262 g/mol. The normalized spacial score (nSPS) is 12.4. The molecule has 1 aromatic rings. The van der Waals surface area contributed by atoms with Gasteiger partial charge < -0.3 is 9.84 Å². The molecule has 1 N–H and O–H groups in total. The van der Waals surface area contributed by atoms with Crippen molar-refractivity contribution >= 4 is 17.7 Å². The van der Waals surface area contributed by atoms with E-state index in [0.29, 0.717) is 17.7 Å². The number of thioether (sulfide) groups is 1. The van der Waals surface area contributed by atoms with Crippen molar-refractivity contribution in [2.24, 2.45) is 0 Å². The molecule has 0 spiro atoms. The molecule has 0 aromatic heterocycles. The Balaban J connectivity index is 2.69. The monoisotopic (exact) mass is 276 g/mol. The second kappa shape index (κ2) is 7.20. The van der Waals surface area contributed by atoms with Crippen LogP contribution in [0.25, 0.3) is 0 Å². The highest BCUT2D eigenvalue weighted by Crippen LogP contribution is 2.27. The lowest BCUT2D eigenvalue weighted by atomic mass is 10.2. The molecule has 1 rings (SSSR count). The summed E-state index contributed by atoms with van der Waals surface area (Å²) in [7, 11) is 0. The zero-order valence-corrected chi connectivity index (χ0v) is 10.6. The standard InChI is InChI=1S/C12H14F2O3S/c1-2-10(11(15)16)18-7-8-5-3-4-6-9(8)17-12(13)14/h3-6,10,12H,2,7H2,1H3,(H,15,16). The van der Waals surface area contributed by atoms with Crippen molar-refractivity contribution < 1.29 is 23.4 Å². The van der Waals surface area contributed by atoms with Crippen LogP contribution in [0.4, 0.5) is 8.78 Å². The van der Waals surface area contributed by atoms with Crippen LogP contribution in [0.5, 0.6) is 5.75 Å². The van der Waals surface area contributed by atoms with Crippen LogP contribution in [-0.4, -0.2) is 22.9 Å². The van der Waals surface area contributed by atoms with E-state index < -0.39 is 17.8 Å². The van der Waals surface area contributed by atoms with Crippen molar-refractivity contribution in [3.8, 4) is 5.75 Å². The maximum absolute atomic E-state index is 12.2. The third-order valence-electron chi connectivity index (χ3n) is 2.27. The maximum atomic E-state index is 12.2. The Morgan fingerprint density at radius 1 is 1.44 bits per heavy atom. The molecule has 0 saturated heterocycles. The number of hydrogen-bond acceptors (Lipinski definition) is 3. The number of carboxylic acid groups (broad SMARTS) is 1. The van der Waals surface area contributed by atoms with Crippen LogP contribution in [0.15, 0.2) is 24.3 Å². The molecule has 0 radical (unpaired) electrons. The molecule has 100 valence electrons. The van der Waals surface area contributed by atoms with E-state index in [9.17, 15) is 13.6 Å². The molecular formula is C12H14F2O3S. The Labute approximate surface area is 108 Å². The van der Waals surface area contributed by atoms with Gasteiger partial charge in [-0.05, 0) is 12.5 Å². The van der Waals surface area contributed by atoms with Gasteiger partial charge >= 0.3 is 12.6 Å². The molecule has 0 bridgehead atoms. The van der Waals surface area contributed by atoms with E-state index in [1.807, 2.05) is 0 Å². The lowest BCUT2D eigenvalue weighted by Crippen LogP contribution is -2.15. The number of carboxylic acids is 1. The fourth-order valence-electron chi connectivity index (χ4n) is 1.39. The summed E-state index contributed by atoms with van der Waals surface area (Å²) in [5, 5.41) is 8.36. The number of halogens is 2. The van der Waals surface area contributed by atoms with Crippen molar-refractivity contribution in [3.63, 3.8) is 0 Å². The molecule has 1 unspecified atom stereocenters. The lowest BCUT2D eigenvalue weighted by Gasteiger charge is -2.12. The number of aliphatic carboxylic acids is 1. The molecule has 1 aromatic carbocycles. The SMILES string of the molecule is CCC(SCc1ccccc1OC(F)F)C(=O)O. The van der Waals surface area contributed by atoms with Crippen LogP contribution in [0.1, 0.15) is 18.9 Å². The van der Waals surface area contributed by atoms with E-state index in [2.05, 4.69) is 4.74 Å². The largest absolute Gasteiger partial charge is 0.480 e. The van der Waals surface area contributed by atoms with E-state index in [-0.39, 0.29) is 5.75 Å². The minimum absolute atomic E-state index is 0.0974. The van der Waals surface area contributed by atoms with Crippen LogP contribution in [0.2, 0.25) is 0 Å². The molecule has 0 aliphatic carbocycles. The maximum Gasteiger partial charge on any atom is 0.387 e. The van der Waals surface area contributed by atoms with Gasteiger partial charge in [-0.1, -0.05) is 25.1 Å². The van der Waals surface area contributed by atoms with Crippen LogP contribution in [-0.2, 0) is 10.5 Å². The average molecular weight is 276 g/mol. The van der Waals surface area contributed by atoms with Crippen molar-refractivity contribution in [2.75, 3.05) is 0 Å². The third kappa shape index (κ3) is 4.52. The first-order valence-corrected chi connectivity index (χ1v) is 6.46. The summed E-state index contributed by atoms with van der Waals surface area (Å²) in [4.78, 5) is 10.8. The van der Waals surface area contributed by atoms with Gasteiger partial charge in [0.2, 0.25) is 0 Å². The molecule has 0 fully saturated rings. The minimum Gasteiger partial charge on any atom is -0.480 e. The van der Waals surface area contributed by atoms with Gasteiger partial charge in [-0.3, -0.25) is 4.79 Å². The molecule has 1 atom stereocenters. The molecule has 0 aliphatic rings. The smallest absolute Gasteiger partial charge is 0.387 e. The van der Waals surface area contributed by atoms with E-state index in [4.69, 9.17) is 5.11 Å². The van der Waals surface area contributed by atoms with Crippen molar-refractivity contribution in [1.82, 2.24) is 0 Å². The van der Waals surface area contributed by atoms with Gasteiger partial charge in [0.15, 0.2) is 0 Å². The molecule has 18 heavy (non-hydrogen) atoms. The van der Waals surface area contributed by atoms with Crippen molar-refractivity contribution in [2.45, 2.75) is 31.0 Å². The van der Waals surface area contributed by atoms with E-state index >= 15 is 0 Å². The zero-order valence-electron chi connectivity index (χ0n) is 9.81. The third-order valence-corrected chi connectivity index (χ3v) is 3.69. The van der Waals surface area contributed by atoms with Gasteiger partial charge in [0.05, 0.1) is 0 Å². The molecule has 6 heteroatoms. The number of carbonyl (C=O) groups is 1. The second-order valence-corrected chi connectivity index (χ2v) is 4.72. The van der Waals surface area contributed by atoms with E-state index in [1.54, 1.807) is 25.1 Å². The fourth-order valence-corrected chi connectivity index (χ4v) is 2.39. The zero-order chi connectivity index (χ0) is 13.5. The Kier molecular flexibility index (Phi) is 5.91. The van der Waals surface area contributed by atoms with Crippen LogP contribution < -0.4 is 4.74 Å². The predicted octanol–water partition coefficient (Wildman–Crippen LogP) is 3.38. The van der Waals surface area contributed by atoms with Crippen molar-refractivity contribution in [3.05, 3.63) is 29.8 Å². The predicted molar refractivity (Wildman–Crippen MR) is 66.1 cm³/mol. The summed E-state index contributed by atoms with van der Waals surface area (Å²) < 4.78 is 28.7. The first-order valence-electron chi connectivity index (χ1n) is 5.41. The topological polar surface area (TPSA) is 46.5 Å². The number of rotatable bonds is 7. The minimum atomic E-state index is -2.88. The quantitative estimate of drug-likeness (QED) is 0.829. The summed E-state index contributed by atoms with van der Waals surface area (Å²) >= 11 is 1.20. The number of para-hydroxylation sites is 1. The van der Waals surface area contributed by atoms with Gasteiger partial charge in [0.25, 0.3) is 0 Å². The fraction of sp³-hybridized carbons (Fsp3) is 0.417. The summed E-state index contributed by atoms with van der Waals surface area (Å²) in [5.41, 5.74) is 0.572. The highest BCUT2D eigenvalue weighted by Gasteiger charge is 2.17. The molecule has 0 heterocycles. The highest BCUT2D eigenvalue weighted by molar-refractivity contribution is 7.99. The van der Waals surface area contributed by atoms with Crippen LogP contribution in [0.3, 0.4) is 0 Å². The Bertz CT molecular complexity index is 399. The first kappa shape index (κ1) is 14.8. The summed E-state index contributed by atoms with van der Waals surface area (Å²) in [6.07, 6.45) is 0.484. The Morgan fingerprint density at radius 3 is 2.67 bits per heavy atom. The van der Waals surface area contributed by atoms with Crippen LogP contribution in [0, 0.1) is 0 Å². The summed E-state index contributed by atoms with van der Waals surface area (Å²) in [6.45, 7) is -1.11. The average Bonchev–Trinajstić information content (AvgIpc) is 2.30. The van der Waals surface area contributed by atoms with Gasteiger partial charge in [-0.25, -0.2) is 0 Å². The van der Waals surface area contributed by atoms with E-state index in [0.717, 1.165) is 0 Å². The van der Waals surface area contributed by atoms with Crippen molar-refractivity contribution in [1.29, 1.82) is 0 Å². The summed E-state index contributed by atoms with van der Waals surface area (Å²) in [5.74, 6) is -0.469. The molecule has 0 aliphatic heterocycles. The Morgan fingerprint density at radius 2 is 2.11 bits per heavy atom. The lowest BCUT2D eigenvalue weighted by molar-refractivity contribution is -0.136. The van der Waals surface area contributed by atoms with Gasteiger partial charge in [0.1, 0.15) is 11.0 Å². The van der Waals surface area contributed by atoms with E-state index in [1.165, 1.54) is 17.8 Å². The number of alkyl halides is 2. The molecule has 0 saturated carbocycles. The molecule has 3 nitrogen and oxygen atoms in total. The van der Waals surface area contributed by atoms with Gasteiger partial charge in [-0.15, -0.1) is 11.8 Å². The number of hydrogen-bond donors (Lipinski definition) is 1. The van der Waals surface area contributed by atoms with Gasteiger partial charge in [-0.2, -0.15) is 8.78 Å². The number of benzene rings is 1. The number of ether oxygens (including phenoxy) is 1. The second-order valence-electron chi connectivity index (χ2n) is 3.53. The van der Waals surface area contributed by atoms with Gasteiger partial charge in [0, 0.05) is 11.3 Å². The summed E-state index contributed by atoms with van der Waals surface area (Å²) in [6, 6.07) is 6.40. The first-order chi connectivity index (χ1) is 8.54. The molecule has 0 amide bonds. The highest BCUT2D eigenvalue weighted by atomic mass is 32.2.